The largest absolute Gasteiger partial charge is 0.497 e. The molecule has 0 radical (unpaired) electrons. The summed E-state index contributed by atoms with van der Waals surface area (Å²) in [5.74, 6) is 1.88. The van der Waals surface area contributed by atoms with Crippen molar-refractivity contribution in [3.63, 3.8) is 0 Å². The highest BCUT2D eigenvalue weighted by Crippen LogP contribution is 2.32. The topological polar surface area (TPSA) is 92.8 Å². The van der Waals surface area contributed by atoms with Crippen LogP contribution in [0.2, 0.25) is 0 Å². The van der Waals surface area contributed by atoms with Crippen LogP contribution in [0.1, 0.15) is 5.82 Å². The fourth-order valence-corrected chi connectivity index (χ4v) is 5.77. The van der Waals surface area contributed by atoms with Gasteiger partial charge in [-0.05, 0) is 17.7 Å². The molecule has 2 aromatic carbocycles. The molecule has 0 fully saturated rings. The highest BCUT2D eigenvalue weighted by molar-refractivity contribution is 8.00. The Morgan fingerprint density at radius 1 is 1.12 bits per heavy atom. The van der Waals surface area contributed by atoms with Crippen molar-refractivity contribution in [2.75, 3.05) is 12.4 Å². The monoisotopic (exact) mass is 479 g/mol. The van der Waals surface area contributed by atoms with Crippen LogP contribution in [0.25, 0.3) is 21.3 Å². The Balaban J connectivity index is 1.30. The molecule has 0 saturated carbocycles. The number of ether oxygens (including phenoxy) is 1. The molecule has 2 N–H and O–H groups in total. The van der Waals surface area contributed by atoms with E-state index in [9.17, 15) is 4.79 Å². The Bertz CT molecular complexity index is 1430. The highest BCUT2D eigenvalue weighted by Gasteiger charge is 2.14. The van der Waals surface area contributed by atoms with Crippen LogP contribution in [0.15, 0.2) is 69.1 Å². The van der Waals surface area contributed by atoms with Gasteiger partial charge in [0.25, 0.3) is 5.56 Å². The van der Waals surface area contributed by atoms with Crippen LogP contribution in [-0.4, -0.2) is 27.3 Å². The Hall–Kier alpha value is -3.21. The number of thioether (sulfide) groups is 1. The van der Waals surface area contributed by atoms with E-state index in [4.69, 9.17) is 4.74 Å². The predicted octanol–water partition coefficient (Wildman–Crippen LogP) is 5.55. The third-order valence-corrected chi connectivity index (χ3v) is 7.49. The minimum absolute atomic E-state index is 0.122. The molecule has 32 heavy (non-hydrogen) atoms. The summed E-state index contributed by atoms with van der Waals surface area (Å²) < 4.78 is 6.03. The molecular weight excluding hydrogens is 462 g/mol. The molecule has 3 heterocycles. The molecule has 0 aliphatic rings. The molecule has 10 heteroatoms. The van der Waals surface area contributed by atoms with Gasteiger partial charge in [-0.2, -0.15) is 0 Å². The summed E-state index contributed by atoms with van der Waals surface area (Å²) in [6.07, 6.45) is 0. The van der Waals surface area contributed by atoms with Gasteiger partial charge in [0.2, 0.25) is 5.13 Å². The summed E-state index contributed by atoms with van der Waals surface area (Å²) in [6, 6.07) is 17.5. The number of rotatable bonds is 7. The molecule has 0 unspecified atom stereocenters. The lowest BCUT2D eigenvalue weighted by Crippen LogP contribution is -2.10. The quantitative estimate of drug-likeness (QED) is 0.296. The van der Waals surface area contributed by atoms with Crippen LogP contribution in [0, 0.1) is 0 Å². The van der Waals surface area contributed by atoms with Crippen molar-refractivity contribution in [2.24, 2.45) is 0 Å². The zero-order valence-electron chi connectivity index (χ0n) is 16.9. The van der Waals surface area contributed by atoms with Crippen LogP contribution in [0.5, 0.6) is 5.75 Å². The number of hydrogen-bond acceptors (Lipinski definition) is 9. The van der Waals surface area contributed by atoms with Crippen LogP contribution in [-0.2, 0) is 5.75 Å². The van der Waals surface area contributed by atoms with Crippen LogP contribution < -0.4 is 15.6 Å². The first-order valence-corrected chi connectivity index (χ1v) is 12.3. The average Bonchev–Trinajstić information content (AvgIpc) is 3.45. The standard InChI is InChI=1S/C22H17N5O2S3/c1-29-15-9-5-8-14(10-15)23-21-26-27-22(32-21)31-12-17-24-19(28)18-16(11-30-20(18)25-17)13-6-3-2-4-7-13/h2-11H,12H2,1H3,(H,23,26)(H,24,25,28). The summed E-state index contributed by atoms with van der Waals surface area (Å²) in [5.41, 5.74) is 2.68. The van der Waals surface area contributed by atoms with E-state index in [1.807, 2.05) is 60.0 Å². The van der Waals surface area contributed by atoms with Crippen molar-refractivity contribution in [3.8, 4) is 16.9 Å². The molecule has 0 atom stereocenters. The molecule has 0 amide bonds. The summed E-state index contributed by atoms with van der Waals surface area (Å²) in [4.78, 5) is 21.1. The highest BCUT2D eigenvalue weighted by atomic mass is 32.2. The first kappa shape index (κ1) is 20.7. The number of fused-ring (bicyclic) bond motifs is 1. The second-order valence-electron chi connectivity index (χ2n) is 6.73. The van der Waals surface area contributed by atoms with Crippen molar-refractivity contribution >= 4 is 55.5 Å². The number of aromatic amines is 1. The van der Waals surface area contributed by atoms with E-state index in [0.29, 0.717) is 22.1 Å². The fourth-order valence-electron chi connectivity index (χ4n) is 3.17. The third-order valence-electron chi connectivity index (χ3n) is 4.64. The number of thiophene rings is 1. The number of benzene rings is 2. The molecular formula is C22H17N5O2S3. The first-order chi connectivity index (χ1) is 15.7. The number of nitrogens with zero attached hydrogens (tertiary/aromatic N) is 3. The Labute approximate surface area is 195 Å². The minimum atomic E-state index is -0.122. The van der Waals surface area contributed by atoms with Gasteiger partial charge in [0.15, 0.2) is 4.34 Å². The Morgan fingerprint density at radius 3 is 2.84 bits per heavy atom. The number of aromatic nitrogens is 4. The molecule has 5 rings (SSSR count). The molecule has 0 aliphatic carbocycles. The summed E-state index contributed by atoms with van der Waals surface area (Å²) in [6.45, 7) is 0. The van der Waals surface area contributed by atoms with Gasteiger partial charge in [-0.15, -0.1) is 21.5 Å². The fraction of sp³-hybridized carbons (Fsp3) is 0.0909. The molecule has 0 saturated heterocycles. The lowest BCUT2D eigenvalue weighted by atomic mass is 10.1. The van der Waals surface area contributed by atoms with Crippen LogP contribution in [0.4, 0.5) is 10.8 Å². The van der Waals surface area contributed by atoms with E-state index >= 15 is 0 Å². The lowest BCUT2D eigenvalue weighted by molar-refractivity contribution is 0.415. The van der Waals surface area contributed by atoms with Crippen molar-refractivity contribution in [1.29, 1.82) is 0 Å². The van der Waals surface area contributed by atoms with Crippen molar-refractivity contribution < 1.29 is 4.74 Å². The van der Waals surface area contributed by atoms with E-state index in [1.165, 1.54) is 34.4 Å². The summed E-state index contributed by atoms with van der Waals surface area (Å²) in [5, 5.41) is 14.9. The number of hydrogen-bond donors (Lipinski definition) is 2. The van der Waals surface area contributed by atoms with E-state index < -0.39 is 0 Å². The Morgan fingerprint density at radius 2 is 2.00 bits per heavy atom. The summed E-state index contributed by atoms with van der Waals surface area (Å²) >= 11 is 4.41. The van der Waals surface area contributed by atoms with Gasteiger partial charge in [-0.3, -0.25) is 4.79 Å². The van der Waals surface area contributed by atoms with Crippen molar-refractivity contribution in [1.82, 2.24) is 20.2 Å². The van der Waals surface area contributed by atoms with E-state index in [1.54, 1.807) is 7.11 Å². The van der Waals surface area contributed by atoms with Gasteiger partial charge in [-0.25, -0.2) is 4.98 Å². The molecule has 0 bridgehead atoms. The minimum Gasteiger partial charge on any atom is -0.497 e. The molecule has 5 aromatic rings. The smallest absolute Gasteiger partial charge is 0.260 e. The van der Waals surface area contributed by atoms with Crippen molar-refractivity contribution in [3.05, 3.63) is 76.2 Å². The molecule has 3 aromatic heterocycles. The maximum Gasteiger partial charge on any atom is 0.260 e. The van der Waals surface area contributed by atoms with Crippen molar-refractivity contribution in [2.45, 2.75) is 10.1 Å². The normalized spacial score (nSPS) is 11.0. The van der Waals surface area contributed by atoms with Crippen LogP contribution >= 0.6 is 34.4 Å². The molecule has 0 aliphatic heterocycles. The second-order valence-corrected chi connectivity index (χ2v) is 9.79. The van der Waals surface area contributed by atoms with E-state index in [0.717, 1.165) is 31.7 Å². The van der Waals surface area contributed by atoms with E-state index in [2.05, 4.69) is 25.5 Å². The Kier molecular flexibility index (Phi) is 5.89. The van der Waals surface area contributed by atoms with Gasteiger partial charge in [-0.1, -0.05) is 59.5 Å². The summed E-state index contributed by atoms with van der Waals surface area (Å²) in [7, 11) is 1.63. The third kappa shape index (κ3) is 4.38. The van der Waals surface area contributed by atoms with Gasteiger partial charge in [0.1, 0.15) is 16.4 Å². The van der Waals surface area contributed by atoms with Crippen LogP contribution in [0.3, 0.4) is 0 Å². The maximum absolute atomic E-state index is 12.8. The zero-order chi connectivity index (χ0) is 21.9. The van der Waals surface area contributed by atoms with Gasteiger partial charge in [0, 0.05) is 22.7 Å². The zero-order valence-corrected chi connectivity index (χ0v) is 19.3. The SMILES string of the molecule is COc1cccc(Nc2nnc(SCc3nc4scc(-c5ccccc5)c4c(=O)[nH]3)s2)c1. The van der Waals surface area contributed by atoms with Gasteiger partial charge >= 0.3 is 0 Å². The molecule has 7 nitrogen and oxygen atoms in total. The molecule has 0 spiro atoms. The number of nitrogens with one attached hydrogen (secondary N) is 2. The predicted molar refractivity (Wildman–Crippen MR) is 131 cm³/mol. The van der Waals surface area contributed by atoms with Gasteiger partial charge in [0.05, 0.1) is 18.2 Å². The van der Waals surface area contributed by atoms with Gasteiger partial charge < -0.3 is 15.0 Å². The van der Waals surface area contributed by atoms with E-state index in [-0.39, 0.29) is 5.56 Å². The first-order valence-electron chi connectivity index (χ1n) is 9.63. The lowest BCUT2D eigenvalue weighted by Gasteiger charge is -2.04. The number of methoxy groups -OCH3 is 1. The second kappa shape index (κ2) is 9.11. The number of anilines is 2. The molecule has 160 valence electrons. The maximum atomic E-state index is 12.8. The average molecular weight is 480 g/mol. The number of H-pyrrole nitrogens is 1.